The van der Waals surface area contributed by atoms with Crippen LogP contribution in [-0.4, -0.2) is 54.3 Å². The van der Waals surface area contributed by atoms with E-state index in [0.717, 1.165) is 5.56 Å². The van der Waals surface area contributed by atoms with Crippen LogP contribution < -0.4 is 21.3 Å². The summed E-state index contributed by atoms with van der Waals surface area (Å²) in [5.74, 6) is 0.0135. The fourth-order valence-corrected chi connectivity index (χ4v) is 4.11. The van der Waals surface area contributed by atoms with E-state index in [-0.39, 0.29) is 36.3 Å². The van der Waals surface area contributed by atoms with Gasteiger partial charge < -0.3 is 21.3 Å². The van der Waals surface area contributed by atoms with Crippen LogP contribution in [-0.2, 0) is 9.59 Å². The van der Waals surface area contributed by atoms with Gasteiger partial charge in [-0.1, -0.05) is 12.1 Å². The van der Waals surface area contributed by atoms with Gasteiger partial charge >= 0.3 is 0 Å². The Hall–Kier alpha value is -3.46. The molecule has 9 heteroatoms. The fraction of sp³-hybridized carbons (Fsp3) is 0.364. The van der Waals surface area contributed by atoms with Crippen LogP contribution in [0.1, 0.15) is 34.9 Å². The number of aromatic nitrogens is 1. The second-order valence-corrected chi connectivity index (χ2v) is 7.98. The van der Waals surface area contributed by atoms with Gasteiger partial charge in [-0.15, -0.1) is 0 Å². The van der Waals surface area contributed by atoms with E-state index in [1.54, 1.807) is 18.3 Å². The van der Waals surface area contributed by atoms with Crippen molar-refractivity contribution in [3.05, 3.63) is 53.7 Å². The van der Waals surface area contributed by atoms with Crippen molar-refractivity contribution >= 4 is 29.2 Å². The number of fused-ring (bicyclic) bond motifs is 1. The summed E-state index contributed by atoms with van der Waals surface area (Å²) in [4.78, 5) is 44.3. The molecule has 0 aliphatic carbocycles. The number of nitrogens with two attached hydrogens (primary N) is 1. The number of anilines is 2. The van der Waals surface area contributed by atoms with Crippen molar-refractivity contribution in [3.63, 3.8) is 0 Å². The first-order valence-corrected chi connectivity index (χ1v) is 10.3. The van der Waals surface area contributed by atoms with Crippen molar-refractivity contribution in [2.75, 3.05) is 36.9 Å². The van der Waals surface area contributed by atoms with Gasteiger partial charge in [0.2, 0.25) is 11.8 Å². The number of carbonyl (C=O) groups is 3. The number of nitrogens with one attached hydrogen (secondary N) is 2. The van der Waals surface area contributed by atoms with Crippen LogP contribution in [0, 0.1) is 5.92 Å². The minimum absolute atomic E-state index is 0.0903. The highest BCUT2D eigenvalue weighted by atomic mass is 16.2. The highest BCUT2D eigenvalue weighted by Crippen LogP contribution is 2.30. The Morgan fingerprint density at radius 2 is 1.90 bits per heavy atom. The second kappa shape index (κ2) is 8.73. The normalized spacial score (nSPS) is 19.5. The summed E-state index contributed by atoms with van der Waals surface area (Å²) in [6.07, 6.45) is 2.71. The largest absolute Gasteiger partial charge is 0.369 e. The summed E-state index contributed by atoms with van der Waals surface area (Å²) in [5.41, 5.74) is 7.47. The molecule has 0 spiro atoms. The molecule has 1 unspecified atom stereocenters. The van der Waals surface area contributed by atoms with E-state index < -0.39 is 0 Å². The number of carbonyl (C=O) groups excluding carboxylic acids is 3. The third-order valence-electron chi connectivity index (χ3n) is 5.89. The summed E-state index contributed by atoms with van der Waals surface area (Å²) >= 11 is 0. The molecular formula is C22H26N6O3. The van der Waals surface area contributed by atoms with Gasteiger partial charge in [0.1, 0.15) is 12.0 Å². The van der Waals surface area contributed by atoms with Crippen molar-refractivity contribution in [1.82, 2.24) is 15.2 Å². The Labute approximate surface area is 180 Å². The van der Waals surface area contributed by atoms with E-state index in [9.17, 15) is 14.4 Å². The molecule has 1 aromatic carbocycles. The maximum Gasteiger partial charge on any atom is 0.256 e. The Morgan fingerprint density at radius 3 is 2.58 bits per heavy atom. The zero-order valence-electron chi connectivity index (χ0n) is 17.4. The zero-order valence-corrected chi connectivity index (χ0v) is 17.4. The lowest BCUT2D eigenvalue weighted by Gasteiger charge is -2.35. The van der Waals surface area contributed by atoms with E-state index in [1.165, 1.54) is 0 Å². The minimum Gasteiger partial charge on any atom is -0.369 e. The maximum absolute atomic E-state index is 12.4. The quantitative estimate of drug-likeness (QED) is 0.664. The van der Waals surface area contributed by atoms with Crippen molar-refractivity contribution in [2.24, 2.45) is 11.7 Å². The maximum atomic E-state index is 12.4. The van der Waals surface area contributed by atoms with Gasteiger partial charge in [-0.3, -0.25) is 19.3 Å². The SMILES string of the molecule is CN1c2ncccc2C(=O)NC1c1ccc(NC(=O)CN2CCC(C(N)=O)CC2)cc1. The molecule has 1 fully saturated rings. The number of benzene rings is 1. The lowest BCUT2D eigenvalue weighted by Crippen LogP contribution is -2.45. The van der Waals surface area contributed by atoms with Crippen LogP contribution in [0.4, 0.5) is 11.5 Å². The first kappa shape index (κ1) is 20.8. The van der Waals surface area contributed by atoms with Gasteiger partial charge in [-0.05, 0) is 55.8 Å². The number of primary amides is 1. The van der Waals surface area contributed by atoms with Crippen molar-refractivity contribution in [3.8, 4) is 0 Å². The van der Waals surface area contributed by atoms with Gasteiger partial charge in [0.15, 0.2) is 0 Å². The number of hydrogen-bond acceptors (Lipinski definition) is 6. The van der Waals surface area contributed by atoms with Gasteiger partial charge in [0.05, 0.1) is 12.1 Å². The monoisotopic (exact) mass is 422 g/mol. The third-order valence-corrected chi connectivity index (χ3v) is 5.89. The van der Waals surface area contributed by atoms with Gasteiger partial charge in [0.25, 0.3) is 5.91 Å². The van der Waals surface area contributed by atoms with E-state index >= 15 is 0 Å². The molecule has 2 aliphatic rings. The average Bonchev–Trinajstić information content (AvgIpc) is 2.77. The minimum atomic E-state index is -0.341. The average molecular weight is 422 g/mol. The van der Waals surface area contributed by atoms with Gasteiger partial charge in [-0.2, -0.15) is 0 Å². The van der Waals surface area contributed by atoms with E-state index in [1.807, 2.05) is 41.1 Å². The molecule has 9 nitrogen and oxygen atoms in total. The van der Waals surface area contributed by atoms with Crippen LogP contribution in [0.5, 0.6) is 0 Å². The molecule has 162 valence electrons. The van der Waals surface area contributed by atoms with Gasteiger partial charge in [-0.25, -0.2) is 4.98 Å². The molecule has 1 atom stereocenters. The summed E-state index contributed by atoms with van der Waals surface area (Å²) in [6.45, 7) is 1.64. The number of rotatable bonds is 5. The number of nitrogens with zero attached hydrogens (tertiary/aromatic N) is 3. The van der Waals surface area contributed by atoms with Crippen LogP contribution in [0.3, 0.4) is 0 Å². The first-order chi connectivity index (χ1) is 14.9. The Kier molecular flexibility index (Phi) is 5.85. The molecule has 1 aromatic heterocycles. The summed E-state index contributed by atoms with van der Waals surface area (Å²) in [7, 11) is 1.88. The predicted molar refractivity (Wildman–Crippen MR) is 116 cm³/mol. The first-order valence-electron chi connectivity index (χ1n) is 10.3. The topological polar surface area (TPSA) is 121 Å². The predicted octanol–water partition coefficient (Wildman–Crippen LogP) is 1.10. The molecule has 0 saturated carbocycles. The van der Waals surface area contributed by atoms with Crippen LogP contribution in [0.2, 0.25) is 0 Å². The number of likely N-dealkylation sites (tertiary alicyclic amines) is 1. The van der Waals surface area contributed by atoms with E-state index in [4.69, 9.17) is 5.73 Å². The Bertz CT molecular complexity index is 985. The molecule has 2 aromatic rings. The van der Waals surface area contributed by atoms with Gasteiger partial charge in [0, 0.05) is 24.8 Å². The van der Waals surface area contributed by atoms with Crippen LogP contribution in [0.15, 0.2) is 42.6 Å². The second-order valence-electron chi connectivity index (χ2n) is 7.98. The molecule has 3 heterocycles. The van der Waals surface area contributed by atoms with Crippen LogP contribution >= 0.6 is 0 Å². The number of hydrogen-bond donors (Lipinski definition) is 3. The lowest BCUT2D eigenvalue weighted by molar-refractivity contribution is -0.123. The zero-order chi connectivity index (χ0) is 22.0. The molecule has 3 amide bonds. The van der Waals surface area contributed by atoms with Crippen molar-refractivity contribution in [2.45, 2.75) is 19.0 Å². The Balaban J connectivity index is 1.35. The number of pyridine rings is 1. The third kappa shape index (κ3) is 4.51. The van der Waals surface area contributed by atoms with E-state index in [2.05, 4.69) is 15.6 Å². The standard InChI is InChI=1S/C22H26N6O3/c1-27-20(26-22(31)17-3-2-10-24-21(17)27)15-4-6-16(7-5-15)25-18(29)13-28-11-8-14(9-12-28)19(23)30/h2-7,10,14,20H,8-9,11-13H2,1H3,(H2,23,30)(H,25,29)(H,26,31). The Morgan fingerprint density at radius 1 is 1.19 bits per heavy atom. The summed E-state index contributed by atoms with van der Waals surface area (Å²) < 4.78 is 0. The van der Waals surface area contributed by atoms with E-state index in [0.29, 0.717) is 43.0 Å². The molecule has 31 heavy (non-hydrogen) atoms. The fourth-order valence-electron chi connectivity index (χ4n) is 4.11. The smallest absolute Gasteiger partial charge is 0.256 e. The highest BCUT2D eigenvalue weighted by molar-refractivity contribution is 6.01. The van der Waals surface area contributed by atoms with Crippen molar-refractivity contribution in [1.29, 1.82) is 0 Å². The highest BCUT2D eigenvalue weighted by Gasteiger charge is 2.30. The van der Waals surface area contributed by atoms with Crippen LogP contribution in [0.25, 0.3) is 0 Å². The lowest BCUT2D eigenvalue weighted by atomic mass is 9.96. The molecular weight excluding hydrogens is 396 g/mol. The summed E-state index contributed by atoms with van der Waals surface area (Å²) in [5, 5.41) is 5.89. The number of piperidine rings is 1. The summed E-state index contributed by atoms with van der Waals surface area (Å²) in [6, 6.07) is 10.9. The molecule has 0 radical (unpaired) electrons. The molecule has 1 saturated heterocycles. The molecule has 4 N–H and O–H groups in total. The van der Waals surface area contributed by atoms with Crippen molar-refractivity contribution < 1.29 is 14.4 Å². The number of amides is 3. The molecule has 0 bridgehead atoms. The molecule has 2 aliphatic heterocycles. The molecule has 4 rings (SSSR count).